The van der Waals surface area contributed by atoms with Crippen molar-refractivity contribution in [1.82, 2.24) is 5.32 Å². The summed E-state index contributed by atoms with van der Waals surface area (Å²) in [5.74, 6) is -0.784. The molecular formula is C15H20N2O5S2. The van der Waals surface area contributed by atoms with Gasteiger partial charge in [-0.2, -0.15) is 0 Å². The fourth-order valence-corrected chi connectivity index (χ4v) is 4.30. The second-order valence-electron chi connectivity index (χ2n) is 5.32. The minimum atomic E-state index is -3.60. The predicted molar refractivity (Wildman–Crippen MR) is 91.9 cm³/mol. The fraction of sp³-hybridized carbons (Fsp3) is 0.467. The predicted octanol–water partition coefficient (Wildman–Crippen LogP) is 1.05. The Bertz CT molecular complexity index is 733. The average Bonchev–Trinajstić information content (AvgIpc) is 2.54. The van der Waals surface area contributed by atoms with Crippen LogP contribution in [0.4, 0.5) is 5.69 Å². The lowest BCUT2D eigenvalue weighted by molar-refractivity contribution is -0.121. The maximum atomic E-state index is 12.4. The number of nitrogens with one attached hydrogen (secondary N) is 2. The van der Waals surface area contributed by atoms with E-state index in [2.05, 4.69) is 10.6 Å². The fourth-order valence-electron chi connectivity index (χ4n) is 2.11. The van der Waals surface area contributed by atoms with Crippen LogP contribution < -0.4 is 10.6 Å². The Morgan fingerprint density at radius 2 is 2.17 bits per heavy atom. The minimum absolute atomic E-state index is 0.0985. The molecule has 0 radical (unpaired) electrons. The summed E-state index contributed by atoms with van der Waals surface area (Å²) in [5.41, 5.74) is 0.494. The van der Waals surface area contributed by atoms with Gasteiger partial charge in [-0.25, -0.2) is 8.42 Å². The van der Waals surface area contributed by atoms with Gasteiger partial charge in [0.05, 0.1) is 28.2 Å². The van der Waals surface area contributed by atoms with E-state index in [1.54, 1.807) is 13.0 Å². The second kappa shape index (κ2) is 8.00. The van der Waals surface area contributed by atoms with Crippen molar-refractivity contribution in [2.24, 2.45) is 0 Å². The Kier molecular flexibility index (Phi) is 6.25. The van der Waals surface area contributed by atoms with Crippen LogP contribution in [-0.2, 0) is 24.2 Å². The molecule has 0 saturated carbocycles. The van der Waals surface area contributed by atoms with Crippen molar-refractivity contribution in [1.29, 1.82) is 0 Å². The van der Waals surface area contributed by atoms with Gasteiger partial charge in [0.2, 0.25) is 11.8 Å². The first-order chi connectivity index (χ1) is 11.3. The molecule has 2 N–H and O–H groups in total. The molecule has 1 aromatic rings. The Hall–Kier alpha value is -1.58. The van der Waals surface area contributed by atoms with Crippen LogP contribution in [0.2, 0.25) is 0 Å². The number of fused-ring (bicyclic) bond motifs is 1. The summed E-state index contributed by atoms with van der Waals surface area (Å²) in [6, 6.07) is 4.64. The lowest BCUT2D eigenvalue weighted by atomic mass is 10.3. The molecule has 1 aliphatic rings. The van der Waals surface area contributed by atoms with Gasteiger partial charge in [-0.05, 0) is 25.1 Å². The first-order valence-electron chi connectivity index (χ1n) is 7.43. The number of hydrogen-bond donors (Lipinski definition) is 2. The maximum absolute atomic E-state index is 12.4. The Balaban J connectivity index is 2.03. The number of benzene rings is 1. The van der Waals surface area contributed by atoms with E-state index in [-0.39, 0.29) is 34.1 Å². The highest BCUT2D eigenvalue weighted by atomic mass is 32.2. The van der Waals surface area contributed by atoms with Crippen LogP contribution in [0.1, 0.15) is 13.3 Å². The Morgan fingerprint density at radius 3 is 2.88 bits per heavy atom. The Labute approximate surface area is 145 Å². The average molecular weight is 372 g/mol. The maximum Gasteiger partial charge on any atom is 0.237 e. The van der Waals surface area contributed by atoms with E-state index < -0.39 is 9.84 Å². The molecule has 0 bridgehead atoms. The molecule has 0 fully saturated rings. The number of hydrogen-bond acceptors (Lipinski definition) is 6. The van der Waals surface area contributed by atoms with Gasteiger partial charge in [-0.15, -0.1) is 11.8 Å². The summed E-state index contributed by atoms with van der Waals surface area (Å²) in [4.78, 5) is 24.3. The van der Waals surface area contributed by atoms with Gasteiger partial charge in [0, 0.05) is 25.0 Å². The first-order valence-corrected chi connectivity index (χ1v) is 9.96. The zero-order valence-electron chi connectivity index (χ0n) is 13.5. The molecule has 2 amide bonds. The largest absolute Gasteiger partial charge is 0.383 e. The van der Waals surface area contributed by atoms with Gasteiger partial charge >= 0.3 is 0 Å². The van der Waals surface area contributed by atoms with E-state index in [4.69, 9.17) is 4.74 Å². The molecule has 9 heteroatoms. The summed E-state index contributed by atoms with van der Waals surface area (Å²) in [6.45, 7) is 2.50. The van der Waals surface area contributed by atoms with E-state index in [0.29, 0.717) is 18.8 Å². The van der Waals surface area contributed by atoms with Crippen molar-refractivity contribution in [3.63, 3.8) is 0 Å². The van der Waals surface area contributed by atoms with E-state index in [9.17, 15) is 18.0 Å². The number of anilines is 1. The van der Waals surface area contributed by atoms with Crippen molar-refractivity contribution in [3.8, 4) is 0 Å². The smallest absolute Gasteiger partial charge is 0.237 e. The SMILES string of the molecule is COCCNC(=O)CCS(=O)(=O)c1ccc2c(c1)NC(=O)[C@H](C)S2. The summed E-state index contributed by atoms with van der Waals surface area (Å²) < 4.78 is 29.6. The second-order valence-corrected chi connectivity index (χ2v) is 8.81. The quantitative estimate of drug-likeness (QED) is 0.694. The lowest BCUT2D eigenvalue weighted by Gasteiger charge is -2.21. The zero-order valence-corrected chi connectivity index (χ0v) is 15.1. The number of thioether (sulfide) groups is 1. The van der Waals surface area contributed by atoms with Gasteiger partial charge in [0.1, 0.15) is 0 Å². The molecule has 1 aliphatic heterocycles. The third kappa shape index (κ3) is 4.71. The van der Waals surface area contributed by atoms with Crippen molar-refractivity contribution in [3.05, 3.63) is 18.2 Å². The molecule has 24 heavy (non-hydrogen) atoms. The number of amides is 2. The summed E-state index contributed by atoms with van der Waals surface area (Å²) in [6.07, 6.45) is -0.124. The topological polar surface area (TPSA) is 102 Å². The lowest BCUT2D eigenvalue weighted by Crippen LogP contribution is -2.28. The molecule has 0 aromatic heterocycles. The number of ether oxygens (including phenoxy) is 1. The molecule has 1 aromatic carbocycles. The van der Waals surface area contributed by atoms with Crippen LogP contribution in [0.5, 0.6) is 0 Å². The van der Waals surface area contributed by atoms with Gasteiger partial charge in [-0.1, -0.05) is 0 Å². The molecule has 132 valence electrons. The molecule has 1 atom stereocenters. The third-order valence-corrected chi connectivity index (χ3v) is 6.36. The van der Waals surface area contributed by atoms with Crippen LogP contribution in [-0.4, -0.2) is 51.5 Å². The number of carbonyl (C=O) groups excluding carboxylic acids is 2. The molecular weight excluding hydrogens is 352 g/mol. The monoisotopic (exact) mass is 372 g/mol. The van der Waals surface area contributed by atoms with Crippen LogP contribution in [0.15, 0.2) is 28.0 Å². The molecule has 1 heterocycles. The first kappa shape index (κ1) is 18.8. The van der Waals surface area contributed by atoms with Gasteiger partial charge in [-0.3, -0.25) is 9.59 Å². The van der Waals surface area contributed by atoms with Crippen LogP contribution in [0.25, 0.3) is 0 Å². The van der Waals surface area contributed by atoms with Crippen LogP contribution in [0, 0.1) is 0 Å². The van der Waals surface area contributed by atoms with Crippen molar-refractivity contribution < 1.29 is 22.7 Å². The molecule has 0 saturated heterocycles. The van der Waals surface area contributed by atoms with Crippen molar-refractivity contribution in [2.45, 2.75) is 28.4 Å². The number of sulfone groups is 1. The molecule has 0 spiro atoms. The van der Waals surface area contributed by atoms with E-state index in [0.717, 1.165) is 4.90 Å². The summed E-state index contributed by atoms with van der Waals surface area (Å²) >= 11 is 1.39. The molecule has 0 unspecified atom stereocenters. The van der Waals surface area contributed by atoms with Crippen LogP contribution >= 0.6 is 11.8 Å². The van der Waals surface area contributed by atoms with E-state index in [1.807, 2.05) is 0 Å². The molecule has 7 nitrogen and oxygen atoms in total. The highest BCUT2D eigenvalue weighted by Gasteiger charge is 2.25. The minimum Gasteiger partial charge on any atom is -0.383 e. The normalized spacial score (nSPS) is 17.1. The highest BCUT2D eigenvalue weighted by Crippen LogP contribution is 2.36. The number of rotatable bonds is 7. The van der Waals surface area contributed by atoms with Crippen LogP contribution in [0.3, 0.4) is 0 Å². The standard InChI is InChI=1S/C15H20N2O5S2/c1-10-15(19)17-12-9-11(3-4-13(12)23-10)24(20,21)8-5-14(18)16-6-7-22-2/h3-4,9-10H,5-8H2,1-2H3,(H,16,18)(H,17,19)/t10-/m0/s1. The van der Waals surface area contributed by atoms with Gasteiger partial charge in [0.25, 0.3) is 0 Å². The molecule has 2 rings (SSSR count). The number of methoxy groups -OCH3 is 1. The highest BCUT2D eigenvalue weighted by molar-refractivity contribution is 8.01. The number of carbonyl (C=O) groups is 2. The third-order valence-electron chi connectivity index (χ3n) is 3.47. The van der Waals surface area contributed by atoms with Crippen molar-refractivity contribution in [2.75, 3.05) is 31.3 Å². The zero-order chi connectivity index (χ0) is 17.7. The van der Waals surface area contributed by atoms with Gasteiger partial charge in [0.15, 0.2) is 9.84 Å². The van der Waals surface area contributed by atoms with Crippen molar-refractivity contribution >= 4 is 39.1 Å². The van der Waals surface area contributed by atoms with Gasteiger partial charge < -0.3 is 15.4 Å². The van der Waals surface area contributed by atoms with E-state index >= 15 is 0 Å². The summed E-state index contributed by atoms with van der Waals surface area (Å²) in [5, 5.41) is 5.07. The van der Waals surface area contributed by atoms with E-state index in [1.165, 1.54) is 31.0 Å². The summed E-state index contributed by atoms with van der Waals surface area (Å²) in [7, 11) is -2.08. The Morgan fingerprint density at radius 1 is 1.42 bits per heavy atom. The molecule has 0 aliphatic carbocycles.